The molecule has 1 N–H and O–H groups in total. The highest BCUT2D eigenvalue weighted by atomic mass is 35.5. The van der Waals surface area contributed by atoms with Crippen LogP contribution in [0.1, 0.15) is 17.9 Å². The Morgan fingerprint density at radius 2 is 2.19 bits per heavy atom. The van der Waals surface area contributed by atoms with Crippen LogP contribution in [0.5, 0.6) is 0 Å². The number of fused-ring (bicyclic) bond motifs is 1. The number of hydrogen-bond acceptors (Lipinski definition) is 3. The molecule has 0 fully saturated rings. The molecule has 1 aliphatic rings. The minimum atomic E-state index is -3.37. The van der Waals surface area contributed by atoms with Crippen LogP contribution in [-0.4, -0.2) is 25.2 Å². The molecule has 1 aliphatic heterocycles. The number of benzene rings is 1. The highest BCUT2D eigenvalue weighted by Crippen LogP contribution is 2.40. The lowest BCUT2D eigenvalue weighted by Gasteiger charge is -2.07. The van der Waals surface area contributed by atoms with E-state index < -0.39 is 21.7 Å². The largest absolute Gasteiger partial charge is 0.481 e. The molecule has 86 valence electrons. The van der Waals surface area contributed by atoms with Crippen LogP contribution in [0.15, 0.2) is 23.1 Å². The van der Waals surface area contributed by atoms with Gasteiger partial charge < -0.3 is 5.11 Å². The summed E-state index contributed by atoms with van der Waals surface area (Å²) in [5.41, 5.74) is 0.451. The summed E-state index contributed by atoms with van der Waals surface area (Å²) in [7, 11) is -3.37. The van der Waals surface area contributed by atoms with E-state index in [0.29, 0.717) is 10.6 Å². The van der Waals surface area contributed by atoms with E-state index in [4.69, 9.17) is 16.7 Å². The van der Waals surface area contributed by atoms with Crippen LogP contribution in [0.25, 0.3) is 0 Å². The van der Waals surface area contributed by atoms with Gasteiger partial charge in [-0.15, -0.1) is 0 Å². The van der Waals surface area contributed by atoms with E-state index in [2.05, 4.69) is 0 Å². The summed E-state index contributed by atoms with van der Waals surface area (Å²) in [6, 6.07) is 4.61. The fraction of sp³-hybridized carbons (Fsp3) is 0.300. The average Bonchev–Trinajstić information content (AvgIpc) is 2.38. The molecule has 1 unspecified atom stereocenters. The fourth-order valence-corrected chi connectivity index (χ4v) is 4.27. The standard InChI is InChI=1S/C10H9ClO4S/c11-7-2-1-3-8-10(7)6(4-9(12)13)5-16(8,14)15/h1-3,6H,4-5H2,(H,12,13). The molecule has 1 atom stereocenters. The number of aliphatic carboxylic acids is 1. The second kappa shape index (κ2) is 3.75. The highest BCUT2D eigenvalue weighted by Gasteiger charge is 2.37. The van der Waals surface area contributed by atoms with Gasteiger partial charge in [-0.25, -0.2) is 8.42 Å². The normalized spacial score (nSPS) is 21.7. The van der Waals surface area contributed by atoms with Crippen molar-refractivity contribution in [3.8, 4) is 0 Å². The van der Waals surface area contributed by atoms with Gasteiger partial charge in [0.1, 0.15) is 0 Å². The Morgan fingerprint density at radius 1 is 1.50 bits per heavy atom. The molecule has 4 nitrogen and oxygen atoms in total. The number of carbonyl (C=O) groups is 1. The van der Waals surface area contributed by atoms with Crippen molar-refractivity contribution >= 4 is 27.4 Å². The van der Waals surface area contributed by atoms with Gasteiger partial charge in [-0.05, 0) is 17.7 Å². The van der Waals surface area contributed by atoms with E-state index >= 15 is 0 Å². The van der Waals surface area contributed by atoms with Crippen LogP contribution in [0.4, 0.5) is 0 Å². The highest BCUT2D eigenvalue weighted by molar-refractivity contribution is 7.91. The van der Waals surface area contributed by atoms with Gasteiger partial charge in [0.15, 0.2) is 9.84 Å². The maximum Gasteiger partial charge on any atom is 0.303 e. The molecule has 16 heavy (non-hydrogen) atoms. The minimum Gasteiger partial charge on any atom is -0.481 e. The number of halogens is 1. The molecule has 0 saturated heterocycles. The minimum absolute atomic E-state index is 0.168. The molecule has 0 bridgehead atoms. The number of hydrogen-bond donors (Lipinski definition) is 1. The third kappa shape index (κ3) is 1.81. The van der Waals surface area contributed by atoms with Gasteiger partial charge in [-0.1, -0.05) is 17.7 Å². The van der Waals surface area contributed by atoms with Crippen molar-refractivity contribution in [3.05, 3.63) is 28.8 Å². The predicted molar refractivity (Wildman–Crippen MR) is 58.5 cm³/mol. The zero-order valence-corrected chi connectivity index (χ0v) is 9.75. The van der Waals surface area contributed by atoms with Crippen LogP contribution in [-0.2, 0) is 14.6 Å². The lowest BCUT2D eigenvalue weighted by atomic mass is 9.98. The summed E-state index contributed by atoms with van der Waals surface area (Å²) in [4.78, 5) is 10.8. The zero-order valence-electron chi connectivity index (χ0n) is 8.18. The first-order valence-electron chi connectivity index (χ1n) is 4.65. The van der Waals surface area contributed by atoms with Gasteiger partial charge in [0.25, 0.3) is 0 Å². The van der Waals surface area contributed by atoms with Crippen LogP contribution in [0.2, 0.25) is 5.02 Å². The Morgan fingerprint density at radius 3 is 2.81 bits per heavy atom. The maximum absolute atomic E-state index is 11.7. The van der Waals surface area contributed by atoms with Gasteiger partial charge in [0.2, 0.25) is 0 Å². The third-order valence-electron chi connectivity index (χ3n) is 2.60. The summed E-state index contributed by atoms with van der Waals surface area (Å²) in [6.45, 7) is 0. The summed E-state index contributed by atoms with van der Waals surface area (Å²) in [6.07, 6.45) is -0.212. The van der Waals surface area contributed by atoms with E-state index in [1.165, 1.54) is 6.07 Å². The molecule has 0 saturated carbocycles. The molecule has 0 radical (unpaired) electrons. The lowest BCUT2D eigenvalue weighted by molar-refractivity contribution is -0.137. The Labute approximate surface area is 97.8 Å². The molecular formula is C10H9ClO4S. The molecule has 1 heterocycles. The number of sulfone groups is 1. The molecular weight excluding hydrogens is 252 g/mol. The van der Waals surface area contributed by atoms with E-state index in [1.807, 2.05) is 0 Å². The Balaban J connectivity index is 2.56. The molecule has 0 amide bonds. The summed E-state index contributed by atoms with van der Waals surface area (Å²) in [5.74, 6) is -1.72. The van der Waals surface area contributed by atoms with Crippen LogP contribution < -0.4 is 0 Å². The summed E-state index contributed by atoms with van der Waals surface area (Å²) >= 11 is 5.92. The first-order chi connectivity index (χ1) is 7.42. The van der Waals surface area contributed by atoms with E-state index in [9.17, 15) is 13.2 Å². The molecule has 1 aromatic carbocycles. The molecule has 0 aliphatic carbocycles. The lowest BCUT2D eigenvalue weighted by Crippen LogP contribution is -2.08. The Kier molecular flexibility index (Phi) is 2.67. The monoisotopic (exact) mass is 260 g/mol. The van der Waals surface area contributed by atoms with Gasteiger partial charge in [0.05, 0.1) is 17.1 Å². The van der Waals surface area contributed by atoms with Crippen molar-refractivity contribution in [2.24, 2.45) is 0 Å². The summed E-state index contributed by atoms with van der Waals surface area (Å²) < 4.78 is 23.5. The van der Waals surface area contributed by atoms with Gasteiger partial charge in [-0.2, -0.15) is 0 Å². The fourth-order valence-electron chi connectivity index (χ4n) is 1.99. The molecule has 0 aromatic heterocycles. The van der Waals surface area contributed by atoms with E-state index in [-0.39, 0.29) is 17.1 Å². The van der Waals surface area contributed by atoms with Crippen molar-refractivity contribution in [3.63, 3.8) is 0 Å². The van der Waals surface area contributed by atoms with Gasteiger partial charge >= 0.3 is 5.97 Å². The first kappa shape index (κ1) is 11.4. The van der Waals surface area contributed by atoms with Crippen molar-refractivity contribution in [2.75, 3.05) is 5.75 Å². The topological polar surface area (TPSA) is 71.4 Å². The molecule has 1 aromatic rings. The third-order valence-corrected chi connectivity index (χ3v) is 4.79. The second-order valence-corrected chi connectivity index (χ2v) is 6.14. The number of carboxylic acid groups (broad SMARTS) is 1. The summed E-state index contributed by atoms with van der Waals surface area (Å²) in [5, 5.41) is 9.05. The Hall–Kier alpha value is -1.07. The Bertz CT molecular complexity index is 550. The number of rotatable bonds is 2. The second-order valence-electron chi connectivity index (χ2n) is 3.73. The number of carboxylic acids is 1. The molecule has 0 spiro atoms. The van der Waals surface area contributed by atoms with Gasteiger partial charge in [0, 0.05) is 10.9 Å². The average molecular weight is 261 g/mol. The predicted octanol–water partition coefficient (Wildman–Crippen LogP) is 1.69. The quantitative estimate of drug-likeness (QED) is 0.878. The molecule has 6 heteroatoms. The van der Waals surface area contributed by atoms with Crippen molar-refractivity contribution in [1.29, 1.82) is 0 Å². The maximum atomic E-state index is 11.7. The van der Waals surface area contributed by atoms with Crippen LogP contribution in [0, 0.1) is 0 Å². The van der Waals surface area contributed by atoms with Crippen molar-refractivity contribution < 1.29 is 18.3 Å². The van der Waals surface area contributed by atoms with E-state index in [0.717, 1.165) is 0 Å². The zero-order chi connectivity index (χ0) is 11.9. The van der Waals surface area contributed by atoms with Crippen LogP contribution >= 0.6 is 11.6 Å². The first-order valence-corrected chi connectivity index (χ1v) is 6.68. The SMILES string of the molecule is O=C(O)CC1CS(=O)(=O)c2cccc(Cl)c21. The van der Waals surface area contributed by atoms with Crippen molar-refractivity contribution in [2.45, 2.75) is 17.2 Å². The smallest absolute Gasteiger partial charge is 0.303 e. The van der Waals surface area contributed by atoms with Crippen molar-refractivity contribution in [1.82, 2.24) is 0 Å². The van der Waals surface area contributed by atoms with Gasteiger partial charge in [-0.3, -0.25) is 4.79 Å². The van der Waals surface area contributed by atoms with Crippen LogP contribution in [0.3, 0.4) is 0 Å². The van der Waals surface area contributed by atoms with E-state index in [1.54, 1.807) is 12.1 Å². The molecule has 2 rings (SSSR count).